The summed E-state index contributed by atoms with van der Waals surface area (Å²) in [5.74, 6) is -0.0235. The van der Waals surface area contributed by atoms with Gasteiger partial charge in [-0.15, -0.1) is 0 Å². The molecule has 2 aromatic rings. The van der Waals surface area contributed by atoms with E-state index in [1.54, 1.807) is 12.1 Å². The van der Waals surface area contributed by atoms with Gasteiger partial charge in [-0.05, 0) is 24.6 Å². The molecule has 1 atom stereocenters. The molecule has 0 saturated heterocycles. The van der Waals surface area contributed by atoms with E-state index < -0.39 is 14.1 Å². The van der Waals surface area contributed by atoms with Crippen molar-refractivity contribution in [2.45, 2.75) is 51.4 Å². The van der Waals surface area contributed by atoms with E-state index in [0.29, 0.717) is 18.4 Å². The van der Waals surface area contributed by atoms with Gasteiger partial charge < -0.3 is 5.32 Å². The Labute approximate surface area is 157 Å². The average Bonchev–Trinajstić information content (AvgIpc) is 2.67. The number of amides is 1. The smallest absolute Gasteiger partial charge is 0.251 e. The van der Waals surface area contributed by atoms with Crippen molar-refractivity contribution in [1.82, 2.24) is 5.32 Å². The zero-order valence-corrected chi connectivity index (χ0v) is 17.0. The normalized spacial score (nSPS) is 12.4. The van der Waals surface area contributed by atoms with Gasteiger partial charge in [-0.2, -0.15) is 0 Å². The van der Waals surface area contributed by atoms with Gasteiger partial charge in [0.1, 0.15) is 0 Å². The maximum atomic E-state index is 12.8. The van der Waals surface area contributed by atoms with Gasteiger partial charge in [-0.1, -0.05) is 80.2 Å². The molecule has 0 aliphatic heterocycles. The van der Waals surface area contributed by atoms with Crippen molar-refractivity contribution in [2.75, 3.05) is 0 Å². The first-order valence-electron chi connectivity index (χ1n) is 9.38. The van der Waals surface area contributed by atoms with Crippen LogP contribution in [0.1, 0.15) is 36.5 Å². The van der Waals surface area contributed by atoms with Crippen LogP contribution >= 0.6 is 0 Å². The van der Waals surface area contributed by atoms with Gasteiger partial charge in [0.2, 0.25) is 0 Å². The summed E-state index contributed by atoms with van der Waals surface area (Å²) in [5.41, 5.74) is 0.598. The van der Waals surface area contributed by atoms with Crippen molar-refractivity contribution >= 4 is 25.0 Å². The molecule has 0 bridgehead atoms. The van der Waals surface area contributed by atoms with Crippen LogP contribution in [-0.4, -0.2) is 25.8 Å². The van der Waals surface area contributed by atoms with Gasteiger partial charge in [0.15, 0.2) is 5.78 Å². The fourth-order valence-corrected chi connectivity index (χ4v) is 5.33. The van der Waals surface area contributed by atoms with Gasteiger partial charge >= 0.3 is 0 Å². The molecule has 4 heteroatoms. The molecule has 1 amide bonds. The number of nitrogens with one attached hydrogen (secondary N) is 1. The molecule has 3 nitrogen and oxygen atoms in total. The molecule has 0 unspecified atom stereocenters. The van der Waals surface area contributed by atoms with Crippen LogP contribution in [0.4, 0.5) is 0 Å². The zero-order valence-electron chi connectivity index (χ0n) is 16.0. The second-order valence-corrected chi connectivity index (χ2v) is 12.2. The van der Waals surface area contributed by atoms with Crippen LogP contribution in [0, 0.1) is 0 Å². The molecule has 1 N–H and O–H groups in total. The SMILES string of the molecule is CCC[C@@H](NC(=O)c1ccccc1)C(=O)CC[Si](C)(C)c1ccccc1. The van der Waals surface area contributed by atoms with Gasteiger partial charge in [-0.25, -0.2) is 0 Å². The van der Waals surface area contributed by atoms with E-state index >= 15 is 0 Å². The minimum Gasteiger partial charge on any atom is -0.342 e. The highest BCUT2D eigenvalue weighted by molar-refractivity contribution is 6.89. The molecule has 138 valence electrons. The lowest BCUT2D eigenvalue weighted by Crippen LogP contribution is -2.44. The Morgan fingerprint density at radius 1 is 0.962 bits per heavy atom. The predicted molar refractivity (Wildman–Crippen MR) is 111 cm³/mol. The number of benzene rings is 2. The van der Waals surface area contributed by atoms with Crippen LogP contribution in [0.2, 0.25) is 19.1 Å². The predicted octanol–water partition coefficient (Wildman–Crippen LogP) is 4.16. The second kappa shape index (κ2) is 9.48. The molecule has 0 fully saturated rings. The Balaban J connectivity index is 1.98. The molecular weight excluding hydrogens is 338 g/mol. The highest BCUT2D eigenvalue weighted by atomic mass is 28.3. The highest BCUT2D eigenvalue weighted by Gasteiger charge is 2.27. The number of rotatable bonds is 9. The fraction of sp³-hybridized carbons (Fsp3) is 0.364. The lowest BCUT2D eigenvalue weighted by atomic mass is 10.0. The van der Waals surface area contributed by atoms with Crippen molar-refractivity contribution in [3.8, 4) is 0 Å². The van der Waals surface area contributed by atoms with E-state index in [9.17, 15) is 9.59 Å². The van der Waals surface area contributed by atoms with Gasteiger partial charge in [0.05, 0.1) is 14.1 Å². The van der Waals surface area contributed by atoms with E-state index in [1.807, 2.05) is 31.2 Å². The highest BCUT2D eigenvalue weighted by Crippen LogP contribution is 2.15. The molecule has 0 radical (unpaired) electrons. The molecular formula is C22H29NO2Si. The number of carbonyl (C=O) groups is 2. The number of hydrogen-bond donors (Lipinski definition) is 1. The summed E-state index contributed by atoms with van der Waals surface area (Å²) in [6, 6.07) is 20.1. The van der Waals surface area contributed by atoms with Crippen molar-refractivity contribution in [3.05, 3.63) is 66.2 Å². The minimum absolute atomic E-state index is 0.146. The maximum Gasteiger partial charge on any atom is 0.251 e. The number of ketones is 1. The average molecular weight is 368 g/mol. The van der Waals surface area contributed by atoms with Crippen LogP contribution in [0.3, 0.4) is 0 Å². The molecule has 0 aliphatic carbocycles. The third kappa shape index (κ3) is 5.66. The molecule has 2 aromatic carbocycles. The first kappa shape index (κ1) is 20.1. The molecule has 0 aliphatic rings. The Kier molecular flexibility index (Phi) is 7.34. The van der Waals surface area contributed by atoms with Crippen molar-refractivity contribution in [3.63, 3.8) is 0 Å². The first-order valence-corrected chi connectivity index (χ1v) is 12.6. The summed E-state index contributed by atoms with van der Waals surface area (Å²) in [5, 5.41) is 4.31. The van der Waals surface area contributed by atoms with Crippen LogP contribution in [0.25, 0.3) is 0 Å². The van der Waals surface area contributed by atoms with Gasteiger partial charge in [0, 0.05) is 12.0 Å². The van der Waals surface area contributed by atoms with Crippen molar-refractivity contribution < 1.29 is 9.59 Å². The molecule has 0 aromatic heterocycles. The lowest BCUT2D eigenvalue weighted by Gasteiger charge is -2.24. The number of hydrogen-bond acceptors (Lipinski definition) is 2. The molecule has 0 spiro atoms. The van der Waals surface area contributed by atoms with E-state index in [1.165, 1.54) is 5.19 Å². The zero-order chi connectivity index (χ0) is 19.0. The van der Waals surface area contributed by atoms with Crippen LogP contribution in [0.15, 0.2) is 60.7 Å². The first-order chi connectivity index (χ1) is 12.4. The summed E-state index contributed by atoms with van der Waals surface area (Å²) in [7, 11) is -1.65. The quantitative estimate of drug-likeness (QED) is 0.677. The molecule has 0 saturated carbocycles. The van der Waals surface area contributed by atoms with E-state index in [4.69, 9.17) is 0 Å². The summed E-state index contributed by atoms with van der Waals surface area (Å²) < 4.78 is 0. The maximum absolute atomic E-state index is 12.8. The summed E-state index contributed by atoms with van der Waals surface area (Å²) in [6.07, 6.45) is 2.07. The number of Topliss-reactive ketones (excluding diaryl/α,β-unsaturated/α-hetero) is 1. The lowest BCUT2D eigenvalue weighted by molar-refractivity contribution is -0.120. The number of carbonyl (C=O) groups excluding carboxylic acids is 2. The third-order valence-corrected chi connectivity index (χ3v) is 8.26. The van der Waals surface area contributed by atoms with Crippen LogP contribution < -0.4 is 10.5 Å². The second-order valence-electron chi connectivity index (χ2n) is 7.40. The largest absolute Gasteiger partial charge is 0.342 e. The van der Waals surface area contributed by atoms with Crippen molar-refractivity contribution in [2.24, 2.45) is 0 Å². The Hall–Kier alpha value is -2.20. The van der Waals surface area contributed by atoms with E-state index in [-0.39, 0.29) is 11.7 Å². The summed E-state index contributed by atoms with van der Waals surface area (Å²) in [4.78, 5) is 25.2. The van der Waals surface area contributed by atoms with Crippen LogP contribution in [-0.2, 0) is 4.79 Å². The molecule has 2 rings (SSSR count). The van der Waals surface area contributed by atoms with Crippen molar-refractivity contribution in [1.29, 1.82) is 0 Å². The Morgan fingerprint density at radius 2 is 1.54 bits per heavy atom. The van der Waals surface area contributed by atoms with E-state index in [2.05, 4.69) is 42.7 Å². The molecule has 0 heterocycles. The van der Waals surface area contributed by atoms with E-state index in [0.717, 1.165) is 12.5 Å². The Bertz CT molecular complexity index is 713. The summed E-state index contributed by atoms with van der Waals surface area (Å²) >= 11 is 0. The third-order valence-electron chi connectivity index (χ3n) is 4.86. The minimum atomic E-state index is -1.65. The monoisotopic (exact) mass is 367 g/mol. The van der Waals surface area contributed by atoms with Gasteiger partial charge in [-0.3, -0.25) is 9.59 Å². The topological polar surface area (TPSA) is 46.2 Å². The standard InChI is InChI=1S/C22H29NO2Si/c1-4-11-20(23-22(25)18-12-7-5-8-13-18)21(24)16-17-26(2,3)19-14-9-6-10-15-19/h5-10,12-15,20H,4,11,16-17H2,1-3H3,(H,23,25)/t20-/m1/s1. The summed E-state index contributed by atoms with van der Waals surface area (Å²) in [6.45, 7) is 6.64. The Morgan fingerprint density at radius 3 is 2.12 bits per heavy atom. The molecule has 26 heavy (non-hydrogen) atoms. The van der Waals surface area contributed by atoms with Crippen LogP contribution in [0.5, 0.6) is 0 Å². The fourth-order valence-electron chi connectivity index (χ4n) is 3.08. The van der Waals surface area contributed by atoms with Gasteiger partial charge in [0.25, 0.3) is 5.91 Å².